The van der Waals surface area contributed by atoms with Crippen molar-refractivity contribution in [1.29, 1.82) is 0 Å². The van der Waals surface area contributed by atoms with E-state index >= 15 is 0 Å². The van der Waals surface area contributed by atoms with Crippen molar-refractivity contribution in [3.63, 3.8) is 0 Å². The van der Waals surface area contributed by atoms with Gasteiger partial charge in [0.2, 0.25) is 0 Å². The largest absolute Gasteiger partial charge is 0.508 e. The predicted molar refractivity (Wildman–Crippen MR) is 60.6 cm³/mol. The molecule has 0 atom stereocenters. The third-order valence-electron chi connectivity index (χ3n) is 2.87. The molecule has 0 aliphatic rings. The number of carbonyl (C=O) groups is 1. The number of phenols is 1. The Bertz CT molecular complexity index is 554. The van der Waals surface area contributed by atoms with Crippen LogP contribution in [-0.2, 0) is 10.2 Å². The summed E-state index contributed by atoms with van der Waals surface area (Å²) in [5, 5.41) is 19.3. The van der Waals surface area contributed by atoms with E-state index in [1.165, 1.54) is 0 Å². The van der Waals surface area contributed by atoms with Crippen molar-refractivity contribution in [1.82, 2.24) is 4.98 Å². The highest BCUT2D eigenvalue weighted by atomic mass is 16.4. The summed E-state index contributed by atoms with van der Waals surface area (Å²) >= 11 is 0. The van der Waals surface area contributed by atoms with Gasteiger partial charge >= 0.3 is 5.97 Å². The minimum Gasteiger partial charge on any atom is -0.508 e. The highest BCUT2D eigenvalue weighted by Crippen LogP contribution is 2.32. The number of aliphatic carboxylic acids is 1. The molecule has 0 saturated carbocycles. The second-order valence-electron chi connectivity index (χ2n) is 4.36. The van der Waals surface area contributed by atoms with Crippen LogP contribution in [0.5, 0.6) is 5.75 Å². The number of rotatable bonds is 2. The van der Waals surface area contributed by atoms with E-state index in [4.69, 9.17) is 5.11 Å². The van der Waals surface area contributed by atoms with Crippen LogP contribution < -0.4 is 0 Å². The van der Waals surface area contributed by atoms with Crippen molar-refractivity contribution < 1.29 is 15.0 Å². The van der Waals surface area contributed by atoms with Crippen molar-refractivity contribution in [2.75, 3.05) is 0 Å². The van der Waals surface area contributed by atoms with E-state index in [0.29, 0.717) is 5.56 Å². The van der Waals surface area contributed by atoms with E-state index < -0.39 is 11.4 Å². The van der Waals surface area contributed by atoms with Crippen LogP contribution in [0.1, 0.15) is 19.4 Å². The van der Waals surface area contributed by atoms with Gasteiger partial charge in [-0.1, -0.05) is 0 Å². The molecule has 0 saturated heterocycles. The first-order chi connectivity index (χ1) is 7.43. The van der Waals surface area contributed by atoms with Gasteiger partial charge in [0, 0.05) is 17.1 Å². The van der Waals surface area contributed by atoms with Crippen molar-refractivity contribution >= 4 is 16.9 Å². The van der Waals surface area contributed by atoms with Crippen LogP contribution in [-0.4, -0.2) is 21.2 Å². The molecule has 2 aromatic rings. The highest BCUT2D eigenvalue weighted by Gasteiger charge is 2.31. The molecule has 0 bridgehead atoms. The van der Waals surface area contributed by atoms with Crippen LogP contribution in [0.3, 0.4) is 0 Å². The quantitative estimate of drug-likeness (QED) is 0.725. The van der Waals surface area contributed by atoms with Gasteiger partial charge in [-0.3, -0.25) is 4.79 Å². The zero-order valence-corrected chi connectivity index (χ0v) is 9.11. The summed E-state index contributed by atoms with van der Waals surface area (Å²) < 4.78 is 0. The molecule has 2 rings (SSSR count). The van der Waals surface area contributed by atoms with Gasteiger partial charge in [-0.2, -0.15) is 0 Å². The van der Waals surface area contributed by atoms with Gasteiger partial charge in [0.05, 0.1) is 5.41 Å². The first-order valence-electron chi connectivity index (χ1n) is 4.97. The minimum absolute atomic E-state index is 0.134. The lowest BCUT2D eigenvalue weighted by Gasteiger charge is -2.18. The lowest BCUT2D eigenvalue weighted by molar-refractivity contribution is -0.142. The van der Waals surface area contributed by atoms with E-state index in [-0.39, 0.29) is 5.75 Å². The number of aromatic hydroxyl groups is 1. The second kappa shape index (κ2) is 3.27. The molecule has 84 valence electrons. The van der Waals surface area contributed by atoms with E-state index in [1.54, 1.807) is 38.2 Å². The molecular formula is C12H13NO3. The zero-order chi connectivity index (χ0) is 11.9. The predicted octanol–water partition coefficient (Wildman–Crippen LogP) is 2.24. The zero-order valence-electron chi connectivity index (χ0n) is 9.11. The van der Waals surface area contributed by atoms with Crippen LogP contribution in [0.15, 0.2) is 24.4 Å². The van der Waals surface area contributed by atoms with Gasteiger partial charge < -0.3 is 15.2 Å². The molecule has 0 amide bonds. The molecule has 0 fully saturated rings. The Morgan fingerprint density at radius 1 is 1.38 bits per heavy atom. The summed E-state index contributed by atoms with van der Waals surface area (Å²) in [6.07, 6.45) is 1.68. The van der Waals surface area contributed by atoms with Crippen LogP contribution in [0.2, 0.25) is 0 Å². The molecule has 4 heteroatoms. The van der Waals surface area contributed by atoms with E-state index in [2.05, 4.69) is 4.98 Å². The molecule has 1 aromatic carbocycles. The average molecular weight is 219 g/mol. The molecule has 0 spiro atoms. The molecule has 1 heterocycles. The first kappa shape index (κ1) is 10.5. The van der Waals surface area contributed by atoms with Gasteiger partial charge in [-0.15, -0.1) is 0 Å². The van der Waals surface area contributed by atoms with Crippen LogP contribution in [0, 0.1) is 0 Å². The number of hydrogen-bond donors (Lipinski definition) is 3. The number of aromatic amines is 1. The highest BCUT2D eigenvalue weighted by molar-refractivity contribution is 5.92. The van der Waals surface area contributed by atoms with Gasteiger partial charge in [0.1, 0.15) is 5.75 Å². The third kappa shape index (κ3) is 1.43. The number of aromatic nitrogens is 1. The Morgan fingerprint density at radius 3 is 2.69 bits per heavy atom. The molecule has 4 nitrogen and oxygen atoms in total. The fourth-order valence-electron chi connectivity index (χ4n) is 1.74. The third-order valence-corrected chi connectivity index (χ3v) is 2.87. The summed E-state index contributed by atoms with van der Waals surface area (Å²) in [5.41, 5.74) is 0.513. The summed E-state index contributed by atoms with van der Waals surface area (Å²) in [7, 11) is 0. The Labute approximate surface area is 92.5 Å². The molecule has 0 aliphatic heterocycles. The van der Waals surface area contributed by atoms with Gasteiger partial charge in [0.15, 0.2) is 0 Å². The van der Waals surface area contributed by atoms with Crippen molar-refractivity contribution in [3.05, 3.63) is 30.0 Å². The number of carboxylic acids is 1. The molecule has 0 aliphatic carbocycles. The first-order valence-corrected chi connectivity index (χ1v) is 4.97. The number of H-pyrrole nitrogens is 1. The Balaban J connectivity index is 2.70. The SMILES string of the molecule is CC(C)(C(=O)O)c1c[nH]c2ccc(O)cc12. The van der Waals surface area contributed by atoms with E-state index in [0.717, 1.165) is 10.9 Å². The normalized spacial score (nSPS) is 11.9. The maximum atomic E-state index is 11.2. The maximum Gasteiger partial charge on any atom is 0.313 e. The summed E-state index contributed by atoms with van der Waals surface area (Å²) in [6, 6.07) is 4.87. The van der Waals surface area contributed by atoms with Gasteiger partial charge in [0.25, 0.3) is 0 Å². The lowest BCUT2D eigenvalue weighted by Crippen LogP contribution is -2.28. The monoisotopic (exact) mass is 219 g/mol. The Hall–Kier alpha value is -1.97. The average Bonchev–Trinajstić information content (AvgIpc) is 2.60. The molecule has 0 unspecified atom stereocenters. The minimum atomic E-state index is -0.980. The number of carboxylic acid groups (broad SMARTS) is 1. The summed E-state index contributed by atoms with van der Waals surface area (Å²) in [6.45, 7) is 3.28. The van der Waals surface area contributed by atoms with E-state index in [1.807, 2.05) is 0 Å². The van der Waals surface area contributed by atoms with Crippen molar-refractivity contribution in [3.8, 4) is 5.75 Å². The van der Waals surface area contributed by atoms with Crippen LogP contribution in [0.4, 0.5) is 0 Å². The standard InChI is InChI=1S/C12H13NO3/c1-12(2,11(15)16)9-6-13-10-4-3-7(14)5-8(9)10/h3-6,13-14H,1-2H3,(H,15,16). The summed E-state index contributed by atoms with van der Waals surface area (Å²) in [4.78, 5) is 14.2. The second-order valence-corrected chi connectivity index (χ2v) is 4.36. The number of nitrogens with one attached hydrogen (secondary N) is 1. The number of benzene rings is 1. The van der Waals surface area contributed by atoms with Crippen molar-refractivity contribution in [2.24, 2.45) is 0 Å². The Morgan fingerprint density at radius 2 is 2.06 bits per heavy atom. The fourth-order valence-corrected chi connectivity index (χ4v) is 1.74. The molecule has 3 N–H and O–H groups in total. The smallest absolute Gasteiger partial charge is 0.313 e. The molecule has 0 radical (unpaired) electrons. The summed E-state index contributed by atoms with van der Waals surface area (Å²) in [5.74, 6) is -0.758. The maximum absolute atomic E-state index is 11.2. The molecule has 16 heavy (non-hydrogen) atoms. The van der Waals surface area contributed by atoms with Gasteiger partial charge in [-0.05, 0) is 37.6 Å². The van der Waals surface area contributed by atoms with Crippen LogP contribution in [0.25, 0.3) is 10.9 Å². The molecular weight excluding hydrogens is 206 g/mol. The van der Waals surface area contributed by atoms with Gasteiger partial charge in [-0.25, -0.2) is 0 Å². The number of hydrogen-bond acceptors (Lipinski definition) is 2. The fraction of sp³-hybridized carbons (Fsp3) is 0.250. The Kier molecular flexibility index (Phi) is 2.15. The lowest BCUT2D eigenvalue weighted by atomic mass is 9.84. The topological polar surface area (TPSA) is 73.3 Å². The van der Waals surface area contributed by atoms with Crippen molar-refractivity contribution in [2.45, 2.75) is 19.3 Å². The van der Waals surface area contributed by atoms with Crippen LogP contribution >= 0.6 is 0 Å². The number of fused-ring (bicyclic) bond motifs is 1. The number of phenolic OH excluding ortho intramolecular Hbond substituents is 1. The van der Waals surface area contributed by atoms with E-state index in [9.17, 15) is 9.90 Å². The molecule has 1 aromatic heterocycles.